The van der Waals surface area contributed by atoms with Crippen molar-refractivity contribution >= 4 is 11.7 Å². The van der Waals surface area contributed by atoms with E-state index in [1.807, 2.05) is 6.92 Å². The smallest absolute Gasteiger partial charge is 0.347 e. The van der Waals surface area contributed by atoms with Crippen LogP contribution < -0.4 is 11.0 Å². The van der Waals surface area contributed by atoms with E-state index in [0.717, 1.165) is 12.8 Å². The van der Waals surface area contributed by atoms with Crippen LogP contribution in [-0.2, 0) is 9.53 Å². The molecular formula is C12H17N3O3. The SMILES string of the molecule is Cc1cc(NC(=O)C2CCCOC2C)nc(=O)[nH]1. The molecule has 2 rings (SSSR count). The Morgan fingerprint density at radius 1 is 1.61 bits per heavy atom. The van der Waals surface area contributed by atoms with Gasteiger partial charge in [-0.15, -0.1) is 0 Å². The van der Waals surface area contributed by atoms with Gasteiger partial charge in [0, 0.05) is 18.4 Å². The van der Waals surface area contributed by atoms with Crippen molar-refractivity contribution in [2.24, 2.45) is 5.92 Å². The second-order valence-corrected chi connectivity index (χ2v) is 4.57. The highest BCUT2D eigenvalue weighted by Gasteiger charge is 2.28. The van der Waals surface area contributed by atoms with Crippen LogP contribution in [0.15, 0.2) is 10.9 Å². The van der Waals surface area contributed by atoms with Crippen molar-refractivity contribution in [1.29, 1.82) is 0 Å². The number of anilines is 1. The summed E-state index contributed by atoms with van der Waals surface area (Å²) in [6.07, 6.45) is 1.58. The van der Waals surface area contributed by atoms with Gasteiger partial charge in [0.2, 0.25) is 5.91 Å². The molecule has 6 nitrogen and oxygen atoms in total. The third kappa shape index (κ3) is 2.95. The van der Waals surface area contributed by atoms with Crippen LogP contribution in [0.5, 0.6) is 0 Å². The maximum atomic E-state index is 12.1. The van der Waals surface area contributed by atoms with Crippen LogP contribution >= 0.6 is 0 Å². The number of H-pyrrole nitrogens is 1. The molecule has 1 amide bonds. The molecular weight excluding hydrogens is 234 g/mol. The quantitative estimate of drug-likeness (QED) is 0.815. The van der Waals surface area contributed by atoms with E-state index in [2.05, 4.69) is 15.3 Å². The molecule has 0 bridgehead atoms. The topological polar surface area (TPSA) is 84.1 Å². The number of hydrogen-bond acceptors (Lipinski definition) is 4. The van der Waals surface area contributed by atoms with E-state index in [9.17, 15) is 9.59 Å². The lowest BCUT2D eigenvalue weighted by Crippen LogP contribution is -2.36. The maximum absolute atomic E-state index is 12.1. The fourth-order valence-electron chi connectivity index (χ4n) is 2.13. The summed E-state index contributed by atoms with van der Waals surface area (Å²) in [5, 5.41) is 2.67. The van der Waals surface area contributed by atoms with Crippen molar-refractivity contribution < 1.29 is 9.53 Å². The summed E-state index contributed by atoms with van der Waals surface area (Å²) >= 11 is 0. The maximum Gasteiger partial charge on any atom is 0.347 e. The Bertz CT molecular complexity index is 498. The lowest BCUT2D eigenvalue weighted by atomic mass is 9.94. The summed E-state index contributed by atoms with van der Waals surface area (Å²) in [7, 11) is 0. The number of aryl methyl sites for hydroxylation is 1. The number of amides is 1. The highest BCUT2D eigenvalue weighted by Crippen LogP contribution is 2.21. The standard InChI is InChI=1S/C12H17N3O3/c1-7-6-10(15-12(17)13-7)14-11(16)9-4-3-5-18-8(9)2/h6,8-9H,3-5H2,1-2H3,(H2,13,14,15,16,17). The van der Waals surface area contributed by atoms with Crippen LogP contribution in [0.25, 0.3) is 0 Å². The van der Waals surface area contributed by atoms with Crippen molar-refractivity contribution in [2.75, 3.05) is 11.9 Å². The van der Waals surface area contributed by atoms with Gasteiger partial charge in [-0.1, -0.05) is 0 Å². The fraction of sp³-hybridized carbons (Fsp3) is 0.583. The molecule has 2 N–H and O–H groups in total. The summed E-state index contributed by atoms with van der Waals surface area (Å²) in [5.41, 5.74) is 0.205. The minimum absolute atomic E-state index is 0.0955. The summed E-state index contributed by atoms with van der Waals surface area (Å²) in [5.74, 6) is -0.0288. The first-order chi connectivity index (χ1) is 8.56. The molecule has 2 atom stereocenters. The number of aromatic nitrogens is 2. The molecule has 1 saturated heterocycles. The van der Waals surface area contributed by atoms with Crippen molar-refractivity contribution in [1.82, 2.24) is 9.97 Å². The Labute approximate surface area is 105 Å². The van der Waals surface area contributed by atoms with Crippen LogP contribution in [0.2, 0.25) is 0 Å². The van der Waals surface area contributed by atoms with Crippen molar-refractivity contribution in [2.45, 2.75) is 32.8 Å². The number of ether oxygens (including phenoxy) is 1. The van der Waals surface area contributed by atoms with Crippen molar-refractivity contribution in [3.63, 3.8) is 0 Å². The van der Waals surface area contributed by atoms with Crippen molar-refractivity contribution in [3.05, 3.63) is 22.2 Å². The minimum atomic E-state index is -0.460. The summed E-state index contributed by atoms with van der Waals surface area (Å²) < 4.78 is 5.45. The number of hydrogen-bond donors (Lipinski definition) is 2. The molecule has 0 aliphatic carbocycles. The minimum Gasteiger partial charge on any atom is -0.378 e. The Morgan fingerprint density at radius 3 is 3.06 bits per heavy atom. The number of carbonyl (C=O) groups excluding carboxylic acids is 1. The zero-order valence-electron chi connectivity index (χ0n) is 10.5. The Balaban J connectivity index is 2.08. The van der Waals surface area contributed by atoms with Gasteiger partial charge >= 0.3 is 5.69 Å². The zero-order valence-corrected chi connectivity index (χ0v) is 10.5. The molecule has 0 spiro atoms. The number of carbonyl (C=O) groups is 1. The van der Waals surface area contributed by atoms with E-state index < -0.39 is 5.69 Å². The van der Waals surface area contributed by atoms with Gasteiger partial charge in [0.05, 0.1) is 12.0 Å². The van der Waals surface area contributed by atoms with Gasteiger partial charge in [-0.2, -0.15) is 4.98 Å². The van der Waals surface area contributed by atoms with Gasteiger partial charge in [0.1, 0.15) is 5.82 Å². The number of nitrogens with zero attached hydrogens (tertiary/aromatic N) is 1. The van der Waals surface area contributed by atoms with Crippen LogP contribution in [-0.4, -0.2) is 28.6 Å². The molecule has 0 saturated carbocycles. The predicted octanol–water partition coefficient (Wildman–Crippen LogP) is 0.832. The average Bonchev–Trinajstić information content (AvgIpc) is 2.27. The molecule has 0 radical (unpaired) electrons. The highest BCUT2D eigenvalue weighted by atomic mass is 16.5. The van der Waals surface area contributed by atoms with Gasteiger partial charge in [-0.3, -0.25) is 4.79 Å². The third-order valence-corrected chi connectivity index (χ3v) is 3.07. The first-order valence-electron chi connectivity index (χ1n) is 6.06. The molecule has 0 aromatic carbocycles. The van der Waals surface area contributed by atoms with Crippen LogP contribution in [0.3, 0.4) is 0 Å². The molecule has 2 unspecified atom stereocenters. The number of aromatic amines is 1. The molecule has 18 heavy (non-hydrogen) atoms. The lowest BCUT2D eigenvalue weighted by Gasteiger charge is -2.27. The van der Waals surface area contributed by atoms with Crippen LogP contribution in [0, 0.1) is 12.8 Å². The molecule has 1 aromatic rings. The second-order valence-electron chi connectivity index (χ2n) is 4.57. The number of nitrogens with one attached hydrogen (secondary N) is 2. The summed E-state index contributed by atoms with van der Waals surface area (Å²) in [4.78, 5) is 29.5. The second kappa shape index (κ2) is 5.30. The summed E-state index contributed by atoms with van der Waals surface area (Å²) in [6, 6.07) is 1.63. The van der Waals surface area contributed by atoms with Crippen molar-refractivity contribution in [3.8, 4) is 0 Å². The van der Waals surface area contributed by atoms with Gasteiger partial charge in [-0.05, 0) is 26.7 Å². The molecule has 98 valence electrons. The third-order valence-electron chi connectivity index (χ3n) is 3.07. The molecule has 1 aromatic heterocycles. The molecule has 1 fully saturated rings. The van der Waals surface area contributed by atoms with E-state index in [4.69, 9.17) is 4.74 Å². The van der Waals surface area contributed by atoms with Gasteiger partial charge in [0.15, 0.2) is 0 Å². The van der Waals surface area contributed by atoms with E-state index in [1.54, 1.807) is 13.0 Å². The van der Waals surface area contributed by atoms with Crippen LogP contribution in [0.4, 0.5) is 5.82 Å². The van der Waals surface area contributed by atoms with Crippen LogP contribution in [0.1, 0.15) is 25.5 Å². The first kappa shape index (κ1) is 12.8. The van der Waals surface area contributed by atoms with E-state index in [1.165, 1.54) is 0 Å². The average molecular weight is 251 g/mol. The van der Waals surface area contributed by atoms with E-state index in [-0.39, 0.29) is 17.9 Å². The van der Waals surface area contributed by atoms with E-state index >= 15 is 0 Å². The molecule has 1 aliphatic rings. The first-order valence-corrected chi connectivity index (χ1v) is 6.06. The van der Waals surface area contributed by atoms with Gasteiger partial charge in [0.25, 0.3) is 0 Å². The largest absolute Gasteiger partial charge is 0.378 e. The monoisotopic (exact) mass is 251 g/mol. The lowest BCUT2D eigenvalue weighted by molar-refractivity contribution is -0.127. The molecule has 6 heteroatoms. The molecule has 2 heterocycles. The summed E-state index contributed by atoms with van der Waals surface area (Å²) in [6.45, 7) is 4.33. The van der Waals surface area contributed by atoms with E-state index in [0.29, 0.717) is 18.1 Å². The fourth-order valence-corrected chi connectivity index (χ4v) is 2.13. The normalized spacial score (nSPS) is 23.7. The Morgan fingerprint density at radius 2 is 2.39 bits per heavy atom. The van der Waals surface area contributed by atoms with Gasteiger partial charge < -0.3 is 15.0 Å². The Kier molecular flexibility index (Phi) is 3.76. The number of rotatable bonds is 2. The zero-order chi connectivity index (χ0) is 13.1. The predicted molar refractivity (Wildman–Crippen MR) is 66.4 cm³/mol. The van der Waals surface area contributed by atoms with Gasteiger partial charge in [-0.25, -0.2) is 4.79 Å². The highest BCUT2D eigenvalue weighted by molar-refractivity contribution is 5.92. The molecule has 1 aliphatic heterocycles. The Hall–Kier alpha value is -1.69.